The second-order valence-corrected chi connectivity index (χ2v) is 5.46. The summed E-state index contributed by atoms with van der Waals surface area (Å²) in [6, 6.07) is 9.68. The maximum atomic E-state index is 12.2. The number of halogens is 1. The highest BCUT2D eigenvalue weighted by Crippen LogP contribution is 2.29. The van der Waals surface area contributed by atoms with Crippen molar-refractivity contribution >= 4 is 18.3 Å². The van der Waals surface area contributed by atoms with Crippen LogP contribution in [0, 0.1) is 0 Å². The van der Waals surface area contributed by atoms with Gasteiger partial charge >= 0.3 is 0 Å². The maximum absolute atomic E-state index is 12.2. The number of hydrogen-bond acceptors (Lipinski definition) is 4. The number of amides is 1. The van der Waals surface area contributed by atoms with E-state index in [0.29, 0.717) is 19.6 Å². The fourth-order valence-corrected chi connectivity index (χ4v) is 2.91. The topological polar surface area (TPSA) is 70.6 Å². The molecule has 2 saturated heterocycles. The largest absolute Gasteiger partial charge is 0.392 e. The third-order valence-electron chi connectivity index (χ3n) is 3.97. The van der Waals surface area contributed by atoms with Crippen molar-refractivity contribution in [3.05, 3.63) is 35.9 Å². The minimum absolute atomic E-state index is 0. The van der Waals surface area contributed by atoms with E-state index in [1.165, 1.54) is 0 Å². The van der Waals surface area contributed by atoms with Gasteiger partial charge in [0.15, 0.2) is 0 Å². The second-order valence-electron chi connectivity index (χ2n) is 5.46. The molecule has 5 nitrogen and oxygen atoms in total. The van der Waals surface area contributed by atoms with Gasteiger partial charge in [-0.25, -0.2) is 0 Å². The number of aliphatic hydroxyl groups excluding tert-OH is 1. The molecular weight excluding hydrogens is 292 g/mol. The Labute approximate surface area is 130 Å². The van der Waals surface area contributed by atoms with E-state index in [4.69, 9.17) is 4.74 Å². The van der Waals surface area contributed by atoms with E-state index >= 15 is 0 Å². The third kappa shape index (κ3) is 3.74. The van der Waals surface area contributed by atoms with E-state index < -0.39 is 6.10 Å². The minimum atomic E-state index is -0.421. The standard InChI is InChI=1S/C15H20N2O3.ClH/c18-11-8-13(16-9-11)15(19)17-12-6-7-20-14(12)10-4-2-1-3-5-10;/h1-5,11-14,16,18H,6-9H2,(H,17,19);1H. The second kappa shape index (κ2) is 7.22. The zero-order chi connectivity index (χ0) is 13.9. The normalized spacial score (nSPS) is 31.7. The number of carbonyl (C=O) groups excluding carboxylic acids is 1. The van der Waals surface area contributed by atoms with E-state index in [9.17, 15) is 9.90 Å². The van der Waals surface area contributed by atoms with Crippen LogP contribution in [0.4, 0.5) is 0 Å². The summed E-state index contributed by atoms with van der Waals surface area (Å²) in [6.45, 7) is 1.15. The first-order valence-electron chi connectivity index (χ1n) is 7.12. The van der Waals surface area contributed by atoms with Crippen molar-refractivity contribution in [1.82, 2.24) is 10.6 Å². The predicted octanol–water partition coefficient (Wildman–Crippen LogP) is 0.777. The molecule has 0 saturated carbocycles. The molecule has 0 aromatic heterocycles. The van der Waals surface area contributed by atoms with Gasteiger partial charge in [-0.1, -0.05) is 30.3 Å². The summed E-state index contributed by atoms with van der Waals surface area (Å²) in [5.41, 5.74) is 1.09. The van der Waals surface area contributed by atoms with Gasteiger partial charge in [0.25, 0.3) is 0 Å². The summed E-state index contributed by atoms with van der Waals surface area (Å²) < 4.78 is 5.75. The highest BCUT2D eigenvalue weighted by molar-refractivity contribution is 5.85. The summed E-state index contributed by atoms with van der Waals surface area (Å²) in [5.74, 6) is -0.0435. The summed E-state index contributed by atoms with van der Waals surface area (Å²) in [6.07, 6.45) is 0.803. The van der Waals surface area contributed by atoms with E-state index in [1.807, 2.05) is 30.3 Å². The van der Waals surface area contributed by atoms with Crippen molar-refractivity contribution in [3.63, 3.8) is 0 Å². The summed E-state index contributed by atoms with van der Waals surface area (Å²) >= 11 is 0. The van der Waals surface area contributed by atoms with Crippen molar-refractivity contribution in [2.45, 2.75) is 37.1 Å². The van der Waals surface area contributed by atoms with Crippen LogP contribution >= 0.6 is 12.4 Å². The molecule has 0 aliphatic carbocycles. The number of β-amino-alcohol motifs (C(OH)–C–C–N with tert-alkyl or cyclic N) is 1. The molecule has 1 aromatic rings. The summed E-state index contributed by atoms with van der Waals surface area (Å²) in [7, 11) is 0. The van der Waals surface area contributed by atoms with Crippen molar-refractivity contribution in [3.8, 4) is 0 Å². The van der Waals surface area contributed by atoms with Gasteiger partial charge in [0, 0.05) is 13.2 Å². The maximum Gasteiger partial charge on any atom is 0.237 e. The van der Waals surface area contributed by atoms with Crippen molar-refractivity contribution < 1.29 is 14.6 Å². The van der Waals surface area contributed by atoms with Gasteiger partial charge in [-0.2, -0.15) is 0 Å². The first-order valence-corrected chi connectivity index (χ1v) is 7.12. The first-order chi connectivity index (χ1) is 9.74. The lowest BCUT2D eigenvalue weighted by Gasteiger charge is -2.22. The average molecular weight is 313 g/mol. The van der Waals surface area contributed by atoms with Crippen LogP contribution in [0.15, 0.2) is 30.3 Å². The van der Waals surface area contributed by atoms with Gasteiger partial charge in [-0.3, -0.25) is 4.79 Å². The Bertz CT molecular complexity index is 471. The smallest absolute Gasteiger partial charge is 0.237 e. The number of aliphatic hydroxyl groups is 1. The lowest BCUT2D eigenvalue weighted by molar-refractivity contribution is -0.124. The monoisotopic (exact) mass is 312 g/mol. The fraction of sp³-hybridized carbons (Fsp3) is 0.533. The Hall–Kier alpha value is -1.14. The molecular formula is C15H21ClN2O3. The molecule has 2 aliphatic heterocycles. The SMILES string of the molecule is Cl.O=C(NC1CCOC1c1ccccc1)C1CC(O)CN1. The van der Waals surface area contributed by atoms with Crippen LogP contribution in [0.2, 0.25) is 0 Å². The molecule has 2 aliphatic rings. The fourth-order valence-electron chi connectivity index (χ4n) is 2.91. The highest BCUT2D eigenvalue weighted by atomic mass is 35.5. The highest BCUT2D eigenvalue weighted by Gasteiger charge is 2.34. The molecule has 4 atom stereocenters. The Morgan fingerprint density at radius 3 is 2.76 bits per heavy atom. The van der Waals surface area contributed by atoms with Gasteiger partial charge in [0.1, 0.15) is 6.10 Å². The van der Waals surface area contributed by atoms with Crippen molar-refractivity contribution in [1.29, 1.82) is 0 Å². The Morgan fingerprint density at radius 1 is 1.33 bits per heavy atom. The van der Waals surface area contributed by atoms with Crippen LogP contribution in [0.5, 0.6) is 0 Å². The average Bonchev–Trinajstić information content (AvgIpc) is 3.09. The molecule has 6 heteroatoms. The minimum Gasteiger partial charge on any atom is -0.392 e. The van der Waals surface area contributed by atoms with E-state index in [1.54, 1.807) is 0 Å². The number of benzene rings is 1. The molecule has 2 fully saturated rings. The summed E-state index contributed by atoms with van der Waals surface area (Å²) in [4.78, 5) is 12.2. The molecule has 21 heavy (non-hydrogen) atoms. The van der Waals surface area contributed by atoms with Crippen LogP contribution in [-0.2, 0) is 9.53 Å². The number of rotatable bonds is 3. The van der Waals surface area contributed by atoms with Crippen LogP contribution in [-0.4, -0.2) is 42.4 Å². The Morgan fingerprint density at radius 2 is 2.10 bits per heavy atom. The van der Waals surface area contributed by atoms with Gasteiger partial charge < -0.3 is 20.5 Å². The van der Waals surface area contributed by atoms with Gasteiger partial charge in [0.05, 0.1) is 18.2 Å². The quantitative estimate of drug-likeness (QED) is 0.771. The number of hydrogen-bond donors (Lipinski definition) is 3. The molecule has 0 bridgehead atoms. The number of ether oxygens (including phenoxy) is 1. The zero-order valence-corrected chi connectivity index (χ0v) is 12.5. The molecule has 0 radical (unpaired) electrons. The first kappa shape index (κ1) is 16.2. The molecule has 0 spiro atoms. The van der Waals surface area contributed by atoms with Crippen LogP contribution in [0.25, 0.3) is 0 Å². The Balaban J connectivity index is 0.00000161. The third-order valence-corrected chi connectivity index (χ3v) is 3.97. The predicted molar refractivity (Wildman–Crippen MR) is 81.3 cm³/mol. The van der Waals surface area contributed by atoms with Crippen molar-refractivity contribution in [2.75, 3.05) is 13.2 Å². The molecule has 116 valence electrons. The molecule has 2 heterocycles. The number of nitrogens with one attached hydrogen (secondary N) is 2. The van der Waals surface area contributed by atoms with E-state index in [0.717, 1.165) is 12.0 Å². The Kier molecular flexibility index (Phi) is 5.58. The van der Waals surface area contributed by atoms with Crippen LogP contribution < -0.4 is 10.6 Å². The van der Waals surface area contributed by atoms with Gasteiger partial charge in [-0.15, -0.1) is 12.4 Å². The lowest BCUT2D eigenvalue weighted by Crippen LogP contribution is -2.46. The molecule has 3 rings (SSSR count). The van der Waals surface area contributed by atoms with Crippen LogP contribution in [0.3, 0.4) is 0 Å². The van der Waals surface area contributed by atoms with Gasteiger partial charge in [0.2, 0.25) is 5.91 Å². The van der Waals surface area contributed by atoms with E-state index in [-0.39, 0.29) is 36.5 Å². The van der Waals surface area contributed by atoms with Crippen LogP contribution in [0.1, 0.15) is 24.5 Å². The molecule has 3 N–H and O–H groups in total. The lowest BCUT2D eigenvalue weighted by atomic mass is 10.0. The van der Waals surface area contributed by atoms with E-state index in [2.05, 4.69) is 10.6 Å². The zero-order valence-electron chi connectivity index (χ0n) is 11.7. The molecule has 1 amide bonds. The molecule has 4 unspecified atom stereocenters. The summed E-state index contributed by atoms with van der Waals surface area (Å²) in [5, 5.41) is 15.6. The molecule has 1 aromatic carbocycles. The number of carbonyl (C=O) groups is 1. The van der Waals surface area contributed by atoms with Gasteiger partial charge in [-0.05, 0) is 18.4 Å². The van der Waals surface area contributed by atoms with Crippen molar-refractivity contribution in [2.24, 2.45) is 0 Å².